The van der Waals surface area contributed by atoms with Gasteiger partial charge in [0, 0.05) is 51.9 Å². The Morgan fingerprint density at radius 1 is 1.00 bits per heavy atom. The summed E-state index contributed by atoms with van der Waals surface area (Å²) in [5, 5.41) is 17.0. The molecule has 0 aliphatic rings. The average Bonchev–Trinajstić information content (AvgIpc) is 2.68. The first-order valence-corrected chi connectivity index (χ1v) is 8.39. The summed E-state index contributed by atoms with van der Waals surface area (Å²) in [6.45, 7) is 1.05. The minimum Gasteiger partial charge on any atom is -0.352 e. The highest BCUT2D eigenvalue weighted by atomic mass is 127. The highest BCUT2D eigenvalue weighted by Crippen LogP contribution is 2.11. The van der Waals surface area contributed by atoms with E-state index in [0.717, 1.165) is 11.1 Å². The largest absolute Gasteiger partial charge is 0.352 e. The van der Waals surface area contributed by atoms with Crippen molar-refractivity contribution in [2.24, 2.45) is 4.99 Å². The van der Waals surface area contributed by atoms with Gasteiger partial charge in [-0.2, -0.15) is 0 Å². The number of hydrogen-bond acceptors (Lipinski definition) is 4. The van der Waals surface area contributed by atoms with Gasteiger partial charge in [0.1, 0.15) is 0 Å². The summed E-state index contributed by atoms with van der Waals surface area (Å²) in [5.41, 5.74) is 2.64. The van der Waals surface area contributed by atoms with Crippen LogP contribution in [-0.4, -0.2) is 42.8 Å². The van der Waals surface area contributed by atoms with Crippen molar-refractivity contribution < 1.29 is 9.72 Å². The molecule has 150 valence electrons. The summed E-state index contributed by atoms with van der Waals surface area (Å²) in [6.07, 6.45) is 0. The van der Waals surface area contributed by atoms with Gasteiger partial charge in [0.05, 0.1) is 4.92 Å². The van der Waals surface area contributed by atoms with E-state index in [1.54, 1.807) is 45.4 Å². The molecule has 1 amide bonds. The van der Waals surface area contributed by atoms with Gasteiger partial charge in [-0.15, -0.1) is 24.0 Å². The van der Waals surface area contributed by atoms with E-state index in [1.165, 1.54) is 17.0 Å². The average molecular weight is 497 g/mol. The summed E-state index contributed by atoms with van der Waals surface area (Å²) in [5.74, 6) is 0.580. The van der Waals surface area contributed by atoms with Gasteiger partial charge in [-0.05, 0) is 23.3 Å². The first-order valence-electron chi connectivity index (χ1n) is 8.39. The quantitative estimate of drug-likeness (QED) is 0.210. The Hall–Kier alpha value is -2.69. The van der Waals surface area contributed by atoms with Crippen LogP contribution in [0, 0.1) is 10.1 Å². The van der Waals surface area contributed by atoms with Crippen molar-refractivity contribution >= 4 is 41.5 Å². The predicted molar refractivity (Wildman–Crippen MR) is 120 cm³/mol. The van der Waals surface area contributed by atoms with Crippen molar-refractivity contribution in [1.29, 1.82) is 0 Å². The number of guanidine groups is 1. The molecule has 0 bridgehead atoms. The molecule has 0 saturated carbocycles. The number of carbonyl (C=O) groups is 1. The highest BCUT2D eigenvalue weighted by Gasteiger charge is 2.08. The molecular weight excluding hydrogens is 473 g/mol. The number of nitro groups is 1. The number of amides is 1. The van der Waals surface area contributed by atoms with Crippen LogP contribution in [0.4, 0.5) is 5.69 Å². The Bertz CT molecular complexity index is 820. The monoisotopic (exact) mass is 497 g/mol. The SMILES string of the molecule is CN=C(NCc1ccc(C(=O)N(C)C)cc1)NCc1ccc([N+](=O)[O-])cc1.I. The second-order valence-electron chi connectivity index (χ2n) is 6.10. The van der Waals surface area contributed by atoms with E-state index >= 15 is 0 Å². The zero-order chi connectivity index (χ0) is 19.8. The molecule has 0 aliphatic carbocycles. The maximum absolute atomic E-state index is 11.9. The lowest BCUT2D eigenvalue weighted by Gasteiger charge is -2.13. The minimum absolute atomic E-state index is 0. The number of nitrogens with one attached hydrogen (secondary N) is 2. The summed E-state index contributed by atoms with van der Waals surface area (Å²) >= 11 is 0. The molecule has 0 spiro atoms. The molecule has 0 heterocycles. The van der Waals surface area contributed by atoms with Crippen LogP contribution in [0.3, 0.4) is 0 Å². The summed E-state index contributed by atoms with van der Waals surface area (Å²) in [7, 11) is 5.11. The van der Waals surface area contributed by atoms with Gasteiger partial charge in [0.15, 0.2) is 5.96 Å². The molecule has 9 heteroatoms. The number of non-ortho nitro benzene ring substituents is 1. The summed E-state index contributed by atoms with van der Waals surface area (Å²) in [6, 6.07) is 13.8. The van der Waals surface area contributed by atoms with Gasteiger partial charge >= 0.3 is 0 Å². The van der Waals surface area contributed by atoms with Gasteiger partial charge in [-0.3, -0.25) is 19.9 Å². The molecule has 2 aromatic carbocycles. The van der Waals surface area contributed by atoms with E-state index in [-0.39, 0.29) is 35.6 Å². The number of rotatable bonds is 6. The number of hydrogen-bond donors (Lipinski definition) is 2. The molecule has 2 rings (SSSR count). The van der Waals surface area contributed by atoms with E-state index in [0.29, 0.717) is 24.6 Å². The summed E-state index contributed by atoms with van der Waals surface area (Å²) in [4.78, 5) is 27.8. The predicted octanol–water partition coefficient (Wildman–Crippen LogP) is 2.78. The van der Waals surface area contributed by atoms with Crippen LogP contribution >= 0.6 is 24.0 Å². The Balaban J connectivity index is 0.00000392. The maximum Gasteiger partial charge on any atom is 0.269 e. The molecule has 28 heavy (non-hydrogen) atoms. The van der Waals surface area contributed by atoms with Gasteiger partial charge in [-0.1, -0.05) is 24.3 Å². The number of halogens is 1. The topological polar surface area (TPSA) is 99.9 Å². The first-order chi connectivity index (χ1) is 12.9. The van der Waals surface area contributed by atoms with Crippen molar-refractivity contribution in [2.75, 3.05) is 21.1 Å². The van der Waals surface area contributed by atoms with Crippen molar-refractivity contribution in [3.05, 3.63) is 75.3 Å². The van der Waals surface area contributed by atoms with Crippen LogP contribution in [0.15, 0.2) is 53.5 Å². The van der Waals surface area contributed by atoms with Crippen LogP contribution in [0.25, 0.3) is 0 Å². The second-order valence-corrected chi connectivity index (χ2v) is 6.10. The molecule has 2 aromatic rings. The van der Waals surface area contributed by atoms with Crippen LogP contribution < -0.4 is 10.6 Å². The fraction of sp³-hybridized carbons (Fsp3) is 0.263. The molecule has 2 N–H and O–H groups in total. The minimum atomic E-state index is -0.422. The molecule has 0 aromatic heterocycles. The van der Waals surface area contributed by atoms with Gasteiger partial charge < -0.3 is 15.5 Å². The molecular formula is C19H24IN5O3. The van der Waals surface area contributed by atoms with Crippen molar-refractivity contribution in [3.63, 3.8) is 0 Å². The van der Waals surface area contributed by atoms with E-state index in [1.807, 2.05) is 12.1 Å². The van der Waals surface area contributed by atoms with E-state index in [2.05, 4.69) is 15.6 Å². The molecule has 0 aliphatic heterocycles. The molecule has 0 unspecified atom stereocenters. The van der Waals surface area contributed by atoms with Crippen LogP contribution in [0.5, 0.6) is 0 Å². The van der Waals surface area contributed by atoms with Crippen molar-refractivity contribution in [3.8, 4) is 0 Å². The standard InChI is InChI=1S/C19H23N5O3.HI/c1-20-19(22-13-15-6-10-17(11-7-15)24(26)27)21-12-14-4-8-16(9-5-14)18(25)23(2)3;/h4-11H,12-13H2,1-3H3,(H2,20,21,22);1H. The fourth-order valence-corrected chi connectivity index (χ4v) is 2.35. The lowest BCUT2D eigenvalue weighted by molar-refractivity contribution is -0.384. The number of carbonyl (C=O) groups excluding carboxylic acids is 1. The molecule has 0 radical (unpaired) electrons. The highest BCUT2D eigenvalue weighted by molar-refractivity contribution is 14.0. The van der Waals surface area contributed by atoms with E-state index < -0.39 is 4.92 Å². The molecule has 0 atom stereocenters. The molecule has 0 saturated heterocycles. The van der Waals surface area contributed by atoms with Crippen LogP contribution in [0.1, 0.15) is 21.5 Å². The Kier molecular flexibility index (Phi) is 9.36. The third-order valence-corrected chi connectivity index (χ3v) is 3.90. The maximum atomic E-state index is 11.9. The first kappa shape index (κ1) is 23.3. The van der Waals surface area contributed by atoms with E-state index in [9.17, 15) is 14.9 Å². The summed E-state index contributed by atoms with van der Waals surface area (Å²) < 4.78 is 0. The second kappa shape index (κ2) is 11.2. The zero-order valence-electron chi connectivity index (χ0n) is 16.0. The van der Waals surface area contributed by atoms with Crippen molar-refractivity contribution in [2.45, 2.75) is 13.1 Å². The number of benzene rings is 2. The fourth-order valence-electron chi connectivity index (χ4n) is 2.35. The number of aliphatic imine (C=N–C) groups is 1. The van der Waals surface area contributed by atoms with Gasteiger partial charge in [-0.25, -0.2) is 0 Å². The lowest BCUT2D eigenvalue weighted by Crippen LogP contribution is -2.36. The van der Waals surface area contributed by atoms with Crippen LogP contribution in [0.2, 0.25) is 0 Å². The Labute approximate surface area is 181 Å². The van der Waals surface area contributed by atoms with Gasteiger partial charge in [0.2, 0.25) is 0 Å². The third-order valence-electron chi connectivity index (χ3n) is 3.90. The number of nitrogens with zero attached hydrogens (tertiary/aromatic N) is 3. The van der Waals surface area contributed by atoms with Crippen molar-refractivity contribution in [1.82, 2.24) is 15.5 Å². The van der Waals surface area contributed by atoms with Crippen LogP contribution in [-0.2, 0) is 13.1 Å². The zero-order valence-corrected chi connectivity index (χ0v) is 18.3. The molecule has 0 fully saturated rings. The Morgan fingerprint density at radius 3 is 1.86 bits per heavy atom. The number of nitro benzene ring substituents is 1. The van der Waals surface area contributed by atoms with Gasteiger partial charge in [0.25, 0.3) is 11.6 Å². The lowest BCUT2D eigenvalue weighted by atomic mass is 10.1. The Morgan fingerprint density at radius 2 is 1.46 bits per heavy atom. The third kappa shape index (κ3) is 6.80. The normalized spacial score (nSPS) is 10.6. The molecule has 8 nitrogen and oxygen atoms in total. The van der Waals surface area contributed by atoms with E-state index in [4.69, 9.17) is 0 Å². The smallest absolute Gasteiger partial charge is 0.269 e.